The highest BCUT2D eigenvalue weighted by molar-refractivity contribution is 6.32. The first-order chi connectivity index (χ1) is 5.16. The van der Waals surface area contributed by atoms with Gasteiger partial charge in [0.05, 0.1) is 12.1 Å². The minimum Gasteiger partial charge on any atom is -0.496 e. The molecule has 0 amide bonds. The summed E-state index contributed by atoms with van der Waals surface area (Å²) in [5, 5.41) is 0.685. The summed E-state index contributed by atoms with van der Waals surface area (Å²) in [7, 11) is 1.63. The monoisotopic (exact) mass is 169 g/mol. The fourth-order valence-corrected chi connectivity index (χ4v) is 1.10. The molecule has 0 N–H and O–H groups in total. The smallest absolute Gasteiger partial charge is 0.123 e. The van der Waals surface area contributed by atoms with E-state index in [1.54, 1.807) is 7.11 Å². The third-order valence-electron chi connectivity index (χ3n) is 1.64. The van der Waals surface area contributed by atoms with E-state index in [0.29, 0.717) is 5.02 Å². The molecule has 0 aliphatic heterocycles. The Hall–Kier alpha value is -0.690. The van der Waals surface area contributed by atoms with Crippen molar-refractivity contribution in [3.05, 3.63) is 35.2 Å². The molecule has 1 rings (SSSR count). The predicted molar refractivity (Wildman–Crippen MR) is 47.2 cm³/mol. The largest absolute Gasteiger partial charge is 0.496 e. The Bertz CT molecular complexity index is 269. The molecule has 0 heterocycles. The normalized spacial score (nSPS) is 9.82. The number of methoxy groups -OCH3 is 1. The van der Waals surface area contributed by atoms with Crippen LogP contribution in [0.1, 0.15) is 11.1 Å². The van der Waals surface area contributed by atoms with Gasteiger partial charge in [-0.15, -0.1) is 0 Å². The number of halogens is 1. The maximum absolute atomic E-state index is 5.92. The summed E-state index contributed by atoms with van der Waals surface area (Å²) < 4.78 is 5.07. The second-order valence-corrected chi connectivity index (χ2v) is 2.74. The van der Waals surface area contributed by atoms with Crippen molar-refractivity contribution in [2.24, 2.45) is 0 Å². The number of hydrogen-bond donors (Lipinski definition) is 0. The zero-order chi connectivity index (χ0) is 8.43. The summed E-state index contributed by atoms with van der Waals surface area (Å²) in [6.45, 7) is 5.68. The van der Waals surface area contributed by atoms with Gasteiger partial charge in [0.2, 0.25) is 0 Å². The van der Waals surface area contributed by atoms with Crippen LogP contribution in [0.3, 0.4) is 0 Å². The van der Waals surface area contributed by atoms with Gasteiger partial charge in [-0.05, 0) is 25.5 Å². The number of benzene rings is 1. The van der Waals surface area contributed by atoms with E-state index >= 15 is 0 Å². The fourth-order valence-electron chi connectivity index (χ4n) is 0.945. The number of hydrogen-bond acceptors (Lipinski definition) is 1. The van der Waals surface area contributed by atoms with Gasteiger partial charge in [0.15, 0.2) is 0 Å². The summed E-state index contributed by atoms with van der Waals surface area (Å²) in [5.74, 6) is 0.808. The van der Waals surface area contributed by atoms with Crippen molar-refractivity contribution in [2.75, 3.05) is 7.11 Å². The van der Waals surface area contributed by atoms with E-state index in [4.69, 9.17) is 16.3 Å². The van der Waals surface area contributed by atoms with Crippen LogP contribution in [0.15, 0.2) is 12.1 Å². The summed E-state index contributed by atoms with van der Waals surface area (Å²) in [6, 6.07) is 3.71. The van der Waals surface area contributed by atoms with Crippen molar-refractivity contribution in [2.45, 2.75) is 6.92 Å². The first-order valence-electron chi connectivity index (χ1n) is 3.32. The highest BCUT2D eigenvalue weighted by atomic mass is 35.5. The zero-order valence-corrected chi connectivity index (χ0v) is 7.40. The van der Waals surface area contributed by atoms with Gasteiger partial charge in [-0.3, -0.25) is 0 Å². The molecule has 0 saturated carbocycles. The van der Waals surface area contributed by atoms with Crippen molar-refractivity contribution in [3.8, 4) is 5.75 Å². The molecule has 0 aliphatic carbocycles. The minimum atomic E-state index is 0.685. The van der Waals surface area contributed by atoms with Gasteiger partial charge in [0.1, 0.15) is 5.75 Å². The van der Waals surface area contributed by atoms with Crippen molar-refractivity contribution >= 4 is 11.6 Å². The van der Waals surface area contributed by atoms with E-state index in [-0.39, 0.29) is 0 Å². The molecule has 2 heteroatoms. The Morgan fingerprint density at radius 1 is 1.45 bits per heavy atom. The van der Waals surface area contributed by atoms with Gasteiger partial charge in [-0.2, -0.15) is 0 Å². The second kappa shape index (κ2) is 3.14. The van der Waals surface area contributed by atoms with Crippen LogP contribution in [0, 0.1) is 13.8 Å². The summed E-state index contributed by atoms with van der Waals surface area (Å²) in [6.07, 6.45) is 0. The van der Waals surface area contributed by atoms with E-state index in [9.17, 15) is 0 Å². The molecule has 0 saturated heterocycles. The van der Waals surface area contributed by atoms with Crippen LogP contribution in [0.2, 0.25) is 5.02 Å². The third kappa shape index (κ3) is 1.48. The topological polar surface area (TPSA) is 9.23 Å². The first-order valence-corrected chi connectivity index (χ1v) is 3.69. The van der Waals surface area contributed by atoms with Crippen molar-refractivity contribution in [1.82, 2.24) is 0 Å². The van der Waals surface area contributed by atoms with E-state index in [1.807, 2.05) is 19.1 Å². The molecule has 0 unspecified atom stereocenters. The van der Waals surface area contributed by atoms with Crippen LogP contribution < -0.4 is 4.74 Å². The van der Waals surface area contributed by atoms with Crippen LogP contribution in [-0.4, -0.2) is 7.11 Å². The molecule has 1 nitrogen and oxygen atoms in total. The third-order valence-corrected chi connectivity index (χ3v) is 2.16. The van der Waals surface area contributed by atoms with Gasteiger partial charge in [0.25, 0.3) is 0 Å². The molecule has 0 bridgehead atoms. The zero-order valence-electron chi connectivity index (χ0n) is 6.65. The summed E-state index contributed by atoms with van der Waals surface area (Å²) in [5.41, 5.74) is 1.78. The van der Waals surface area contributed by atoms with Gasteiger partial charge >= 0.3 is 0 Å². The predicted octanol–water partition coefficient (Wildman–Crippen LogP) is 2.84. The standard InChI is InChI=1S/C9H10ClO/c1-6-4-5-8(11-3)7(2)9(6)10/h4-5H,1H2,2-3H3. The van der Waals surface area contributed by atoms with Crippen molar-refractivity contribution in [3.63, 3.8) is 0 Å². The Morgan fingerprint density at radius 2 is 2.09 bits per heavy atom. The van der Waals surface area contributed by atoms with Gasteiger partial charge in [0, 0.05) is 5.56 Å². The summed E-state index contributed by atoms with van der Waals surface area (Å²) >= 11 is 5.92. The average Bonchev–Trinajstić information content (AvgIpc) is 2.01. The first kappa shape index (κ1) is 8.41. The molecule has 11 heavy (non-hydrogen) atoms. The molecule has 1 aromatic rings. The maximum Gasteiger partial charge on any atom is 0.123 e. The molecule has 0 aliphatic rings. The molecule has 1 aromatic carbocycles. The quantitative estimate of drug-likeness (QED) is 0.628. The van der Waals surface area contributed by atoms with Crippen molar-refractivity contribution in [1.29, 1.82) is 0 Å². The minimum absolute atomic E-state index is 0.685. The number of ether oxygens (including phenoxy) is 1. The lowest BCUT2D eigenvalue weighted by Gasteiger charge is -2.07. The molecule has 0 atom stereocenters. The van der Waals surface area contributed by atoms with E-state index in [2.05, 4.69) is 6.92 Å². The second-order valence-electron chi connectivity index (χ2n) is 2.37. The van der Waals surface area contributed by atoms with Crippen LogP contribution >= 0.6 is 11.6 Å². The Morgan fingerprint density at radius 3 is 2.64 bits per heavy atom. The molecule has 59 valence electrons. The van der Waals surface area contributed by atoms with Gasteiger partial charge in [-0.25, -0.2) is 0 Å². The number of rotatable bonds is 1. The highest BCUT2D eigenvalue weighted by Gasteiger charge is 2.03. The van der Waals surface area contributed by atoms with Crippen LogP contribution in [0.4, 0.5) is 0 Å². The molecular formula is C9H10ClO. The lowest BCUT2D eigenvalue weighted by Crippen LogP contribution is -1.88. The average molecular weight is 170 g/mol. The lowest BCUT2D eigenvalue weighted by atomic mass is 10.1. The Balaban J connectivity index is 3.25. The fraction of sp³-hybridized carbons (Fsp3) is 0.222. The molecule has 0 aromatic heterocycles. The highest BCUT2D eigenvalue weighted by Crippen LogP contribution is 2.27. The maximum atomic E-state index is 5.92. The Labute approximate surface area is 71.9 Å². The van der Waals surface area contributed by atoms with Crippen LogP contribution in [-0.2, 0) is 0 Å². The van der Waals surface area contributed by atoms with E-state index < -0.39 is 0 Å². The SMILES string of the molecule is [CH2]c1ccc(OC)c(C)c1Cl. The Kier molecular flexibility index (Phi) is 2.40. The molecule has 0 spiro atoms. The van der Waals surface area contributed by atoms with Gasteiger partial charge in [-0.1, -0.05) is 17.7 Å². The molecular weight excluding hydrogens is 160 g/mol. The van der Waals surface area contributed by atoms with E-state index in [1.165, 1.54) is 0 Å². The molecule has 1 radical (unpaired) electrons. The van der Waals surface area contributed by atoms with Crippen LogP contribution in [0.5, 0.6) is 5.75 Å². The summed E-state index contributed by atoms with van der Waals surface area (Å²) in [4.78, 5) is 0. The van der Waals surface area contributed by atoms with Gasteiger partial charge < -0.3 is 4.74 Å². The molecule has 0 fully saturated rings. The van der Waals surface area contributed by atoms with Crippen molar-refractivity contribution < 1.29 is 4.74 Å². The van der Waals surface area contributed by atoms with Crippen LogP contribution in [0.25, 0.3) is 0 Å². The van der Waals surface area contributed by atoms with E-state index in [0.717, 1.165) is 16.9 Å². The lowest BCUT2D eigenvalue weighted by molar-refractivity contribution is 0.411.